The molecular weight excluding hydrogens is 424 g/mol. The molecule has 34 heavy (non-hydrogen) atoms. The fourth-order valence-corrected chi connectivity index (χ4v) is 5.20. The molecule has 0 bridgehead atoms. The van der Waals surface area contributed by atoms with Crippen LogP contribution in [-0.2, 0) is 10.3 Å². The van der Waals surface area contributed by atoms with Gasteiger partial charge in [-0.15, -0.1) is 0 Å². The highest BCUT2D eigenvalue weighted by Crippen LogP contribution is 2.38. The summed E-state index contributed by atoms with van der Waals surface area (Å²) in [7, 11) is 1.67. The SMILES string of the molecule is CCC(CC)(NC(=O)C1CN2NC(C)(C)C(C)=C2N[C@H]1c1ccccc1)c1ccc(OC)cc1. The number of benzene rings is 2. The minimum Gasteiger partial charge on any atom is -0.497 e. The number of nitrogens with one attached hydrogen (secondary N) is 3. The molecule has 182 valence electrons. The lowest BCUT2D eigenvalue weighted by Gasteiger charge is -2.42. The summed E-state index contributed by atoms with van der Waals surface area (Å²) in [5.41, 5.74) is 6.46. The van der Waals surface area contributed by atoms with Crippen LogP contribution in [0.5, 0.6) is 5.75 Å². The van der Waals surface area contributed by atoms with Gasteiger partial charge in [0.25, 0.3) is 0 Å². The van der Waals surface area contributed by atoms with Crippen molar-refractivity contribution in [3.63, 3.8) is 0 Å². The first-order valence-electron chi connectivity index (χ1n) is 12.3. The second-order valence-electron chi connectivity index (χ2n) is 9.97. The predicted octanol–water partition coefficient (Wildman–Crippen LogP) is 4.62. The molecule has 2 aromatic rings. The number of rotatable bonds is 7. The molecule has 2 aliphatic rings. The van der Waals surface area contributed by atoms with E-state index in [9.17, 15) is 4.79 Å². The number of hydrogen-bond donors (Lipinski definition) is 3. The Morgan fingerprint density at radius 1 is 1.12 bits per heavy atom. The molecule has 0 aliphatic carbocycles. The van der Waals surface area contributed by atoms with Gasteiger partial charge in [-0.1, -0.05) is 56.3 Å². The molecule has 1 amide bonds. The number of amides is 1. The minimum absolute atomic E-state index is 0.0593. The molecule has 2 heterocycles. The second-order valence-corrected chi connectivity index (χ2v) is 9.97. The van der Waals surface area contributed by atoms with E-state index in [2.05, 4.69) is 80.0 Å². The molecule has 1 unspecified atom stereocenters. The van der Waals surface area contributed by atoms with Crippen LogP contribution in [0, 0.1) is 5.92 Å². The molecule has 2 aromatic carbocycles. The van der Waals surface area contributed by atoms with Gasteiger partial charge in [0.1, 0.15) is 11.6 Å². The van der Waals surface area contributed by atoms with Crippen molar-refractivity contribution in [2.75, 3.05) is 13.7 Å². The highest BCUT2D eigenvalue weighted by atomic mass is 16.5. The predicted molar refractivity (Wildman–Crippen MR) is 136 cm³/mol. The number of methoxy groups -OCH3 is 1. The van der Waals surface area contributed by atoms with Gasteiger partial charge in [0, 0.05) is 6.54 Å². The molecule has 6 nitrogen and oxygen atoms in total. The molecule has 1 fully saturated rings. The maximum Gasteiger partial charge on any atom is 0.228 e. The summed E-state index contributed by atoms with van der Waals surface area (Å²) >= 11 is 0. The summed E-state index contributed by atoms with van der Waals surface area (Å²) in [5.74, 6) is 1.68. The molecule has 0 aromatic heterocycles. The zero-order chi connectivity index (χ0) is 24.5. The largest absolute Gasteiger partial charge is 0.497 e. The van der Waals surface area contributed by atoms with E-state index in [0.717, 1.165) is 35.5 Å². The van der Waals surface area contributed by atoms with Crippen LogP contribution in [0.2, 0.25) is 0 Å². The second kappa shape index (κ2) is 9.34. The average Bonchev–Trinajstić information content (AvgIpc) is 3.09. The first kappa shape index (κ1) is 24.1. The van der Waals surface area contributed by atoms with E-state index in [-0.39, 0.29) is 23.4 Å². The number of hydrogen-bond acceptors (Lipinski definition) is 5. The van der Waals surface area contributed by atoms with Gasteiger partial charge in [-0.25, -0.2) is 5.43 Å². The van der Waals surface area contributed by atoms with Crippen molar-refractivity contribution in [3.05, 3.63) is 77.1 Å². The van der Waals surface area contributed by atoms with E-state index in [4.69, 9.17) is 4.74 Å². The Labute approximate surface area is 203 Å². The lowest BCUT2D eigenvalue weighted by Crippen LogP contribution is -2.58. The zero-order valence-corrected chi connectivity index (χ0v) is 21.2. The smallest absolute Gasteiger partial charge is 0.228 e. The van der Waals surface area contributed by atoms with Crippen LogP contribution in [0.4, 0.5) is 0 Å². The van der Waals surface area contributed by atoms with Crippen molar-refractivity contribution < 1.29 is 9.53 Å². The third kappa shape index (κ3) is 4.27. The van der Waals surface area contributed by atoms with Crippen LogP contribution >= 0.6 is 0 Å². The lowest BCUT2D eigenvalue weighted by atomic mass is 9.82. The van der Waals surface area contributed by atoms with Crippen LogP contribution in [0.1, 0.15) is 64.6 Å². The highest BCUT2D eigenvalue weighted by molar-refractivity contribution is 5.81. The van der Waals surface area contributed by atoms with Gasteiger partial charge in [-0.2, -0.15) is 0 Å². The quantitative estimate of drug-likeness (QED) is 0.560. The first-order chi connectivity index (χ1) is 16.2. The average molecular weight is 463 g/mol. The third-order valence-electron chi connectivity index (χ3n) is 7.76. The third-order valence-corrected chi connectivity index (χ3v) is 7.76. The number of carbonyl (C=O) groups excluding carboxylic acids is 1. The van der Waals surface area contributed by atoms with E-state index in [1.807, 2.05) is 30.3 Å². The topological polar surface area (TPSA) is 65.6 Å². The maximum atomic E-state index is 14.0. The Morgan fingerprint density at radius 2 is 1.76 bits per heavy atom. The van der Waals surface area contributed by atoms with Crippen molar-refractivity contribution in [2.24, 2.45) is 5.92 Å². The molecule has 4 rings (SSSR count). The van der Waals surface area contributed by atoms with Crippen LogP contribution in [0.25, 0.3) is 0 Å². The zero-order valence-electron chi connectivity index (χ0n) is 21.2. The van der Waals surface area contributed by atoms with E-state index in [1.165, 1.54) is 5.57 Å². The molecule has 6 heteroatoms. The van der Waals surface area contributed by atoms with Gasteiger partial charge in [0.15, 0.2) is 0 Å². The molecule has 0 radical (unpaired) electrons. The van der Waals surface area contributed by atoms with Crippen molar-refractivity contribution in [3.8, 4) is 5.75 Å². The van der Waals surface area contributed by atoms with Gasteiger partial charge in [0.2, 0.25) is 5.91 Å². The van der Waals surface area contributed by atoms with Crippen molar-refractivity contribution in [1.82, 2.24) is 21.1 Å². The summed E-state index contributed by atoms with van der Waals surface area (Å²) in [5, 5.41) is 9.30. The standard InChI is InChI=1S/C28H38N4O2/c1-7-28(8-2,21-14-16-22(34-6)17-15-21)30-26(33)23-18-32-25(19(3)27(4,5)31-32)29-24(23)20-12-10-9-11-13-20/h9-17,23-24,29,31H,7-8,18H2,1-6H3,(H,30,33)/t23?,24-/m0/s1. The Morgan fingerprint density at radius 3 is 2.35 bits per heavy atom. The molecule has 1 saturated heterocycles. The Balaban J connectivity index is 1.66. The van der Waals surface area contributed by atoms with E-state index < -0.39 is 5.54 Å². The fourth-order valence-electron chi connectivity index (χ4n) is 5.20. The summed E-state index contributed by atoms with van der Waals surface area (Å²) in [6, 6.07) is 18.2. The van der Waals surface area contributed by atoms with Crippen LogP contribution in [0.3, 0.4) is 0 Å². The summed E-state index contributed by atoms with van der Waals surface area (Å²) in [6.07, 6.45) is 1.61. The van der Waals surface area contributed by atoms with Gasteiger partial charge in [-0.3, -0.25) is 9.80 Å². The van der Waals surface area contributed by atoms with Crippen LogP contribution < -0.4 is 20.8 Å². The van der Waals surface area contributed by atoms with Crippen LogP contribution in [0.15, 0.2) is 66.0 Å². The Bertz CT molecular complexity index is 1040. The van der Waals surface area contributed by atoms with E-state index >= 15 is 0 Å². The van der Waals surface area contributed by atoms with Gasteiger partial charge < -0.3 is 15.4 Å². The normalized spacial score (nSPS) is 21.6. The first-order valence-corrected chi connectivity index (χ1v) is 12.3. The van der Waals surface area contributed by atoms with Gasteiger partial charge in [-0.05, 0) is 62.4 Å². The van der Waals surface area contributed by atoms with Crippen LogP contribution in [-0.4, -0.2) is 30.1 Å². The molecule has 0 saturated carbocycles. The number of hydrazine groups is 1. The molecule has 3 N–H and O–H groups in total. The Hall–Kier alpha value is -2.99. The number of ether oxygens (including phenoxy) is 1. The van der Waals surface area contributed by atoms with Gasteiger partial charge in [0.05, 0.1) is 30.1 Å². The van der Waals surface area contributed by atoms with E-state index in [1.54, 1.807) is 7.11 Å². The molecule has 0 spiro atoms. The summed E-state index contributed by atoms with van der Waals surface area (Å²) in [4.78, 5) is 14.0. The number of fused-ring (bicyclic) bond motifs is 1. The van der Waals surface area contributed by atoms with Crippen molar-refractivity contribution in [1.29, 1.82) is 0 Å². The fraction of sp³-hybridized carbons (Fsp3) is 0.464. The Kier molecular flexibility index (Phi) is 6.63. The highest BCUT2D eigenvalue weighted by Gasteiger charge is 2.45. The number of carbonyl (C=O) groups is 1. The molecule has 2 atom stereocenters. The maximum absolute atomic E-state index is 14.0. The lowest BCUT2D eigenvalue weighted by molar-refractivity contribution is -0.130. The van der Waals surface area contributed by atoms with Gasteiger partial charge >= 0.3 is 0 Å². The minimum atomic E-state index is -0.436. The number of nitrogens with zero attached hydrogens (tertiary/aromatic N) is 1. The monoisotopic (exact) mass is 462 g/mol. The molecular formula is C28H38N4O2. The summed E-state index contributed by atoms with van der Waals surface area (Å²) in [6.45, 7) is 11.4. The van der Waals surface area contributed by atoms with Crippen molar-refractivity contribution >= 4 is 5.91 Å². The van der Waals surface area contributed by atoms with Crippen molar-refractivity contribution in [2.45, 2.75) is 64.6 Å². The molecule has 2 aliphatic heterocycles. The summed E-state index contributed by atoms with van der Waals surface area (Å²) < 4.78 is 5.34. The van der Waals surface area contributed by atoms with E-state index in [0.29, 0.717) is 6.54 Å².